The van der Waals surface area contributed by atoms with E-state index in [0.29, 0.717) is 0 Å². The zero-order valence-electron chi connectivity index (χ0n) is 9.70. The highest BCUT2D eigenvalue weighted by atomic mass is 32.2. The second kappa shape index (κ2) is 6.23. The summed E-state index contributed by atoms with van der Waals surface area (Å²) in [6.45, 7) is 3.85. The highest BCUT2D eigenvalue weighted by Crippen LogP contribution is 2.18. The molecular formula is C12H16N2OS. The second-order valence-electron chi connectivity index (χ2n) is 3.55. The van der Waals surface area contributed by atoms with Gasteiger partial charge in [0.05, 0.1) is 0 Å². The molecule has 2 N–H and O–H groups in total. The van der Waals surface area contributed by atoms with Gasteiger partial charge < -0.3 is 10.6 Å². The van der Waals surface area contributed by atoms with Crippen molar-refractivity contribution < 1.29 is 4.79 Å². The average molecular weight is 236 g/mol. The zero-order valence-corrected chi connectivity index (χ0v) is 10.5. The van der Waals surface area contributed by atoms with E-state index in [0.717, 1.165) is 16.2 Å². The van der Waals surface area contributed by atoms with E-state index in [4.69, 9.17) is 0 Å². The number of nitrogens with one attached hydrogen (secondary N) is 2. The molecule has 0 aliphatic carbocycles. The van der Waals surface area contributed by atoms with Crippen molar-refractivity contribution in [1.82, 2.24) is 5.32 Å². The summed E-state index contributed by atoms with van der Waals surface area (Å²) >= 11 is 1.64. The van der Waals surface area contributed by atoms with Crippen LogP contribution in [0.4, 0.5) is 10.5 Å². The molecule has 0 atom stereocenters. The van der Waals surface area contributed by atoms with Gasteiger partial charge in [-0.3, -0.25) is 0 Å². The molecule has 1 aromatic rings. The van der Waals surface area contributed by atoms with Gasteiger partial charge in [-0.1, -0.05) is 11.6 Å². The Morgan fingerprint density at radius 2 is 2.12 bits per heavy atom. The van der Waals surface area contributed by atoms with Crippen LogP contribution >= 0.6 is 11.8 Å². The van der Waals surface area contributed by atoms with Gasteiger partial charge in [0.25, 0.3) is 0 Å². The molecule has 0 aliphatic rings. The number of rotatable bonds is 3. The molecule has 0 aromatic heterocycles. The van der Waals surface area contributed by atoms with Gasteiger partial charge in [-0.25, -0.2) is 4.79 Å². The van der Waals surface area contributed by atoms with Gasteiger partial charge in [-0.15, -0.1) is 11.8 Å². The van der Waals surface area contributed by atoms with E-state index in [2.05, 4.69) is 10.6 Å². The molecule has 0 fully saturated rings. The maximum absolute atomic E-state index is 11.4. The van der Waals surface area contributed by atoms with Crippen molar-refractivity contribution >= 4 is 23.5 Å². The molecular weight excluding hydrogens is 220 g/mol. The summed E-state index contributed by atoms with van der Waals surface area (Å²) in [5, 5.41) is 5.41. The van der Waals surface area contributed by atoms with Gasteiger partial charge in [0.2, 0.25) is 0 Å². The minimum absolute atomic E-state index is 0.223. The molecule has 2 amide bonds. The van der Waals surface area contributed by atoms with E-state index in [9.17, 15) is 4.79 Å². The first-order valence-corrected chi connectivity index (χ1v) is 6.19. The van der Waals surface area contributed by atoms with Gasteiger partial charge in [0, 0.05) is 16.8 Å². The summed E-state index contributed by atoms with van der Waals surface area (Å²) in [6, 6.07) is 7.50. The Kier molecular flexibility index (Phi) is 4.92. The van der Waals surface area contributed by atoms with Gasteiger partial charge in [0.15, 0.2) is 0 Å². The SMILES string of the molecule is CSc1cccc(NC(=O)NC=C(C)C)c1. The van der Waals surface area contributed by atoms with Crippen molar-refractivity contribution in [2.75, 3.05) is 11.6 Å². The highest BCUT2D eigenvalue weighted by Gasteiger charge is 1.99. The predicted octanol–water partition coefficient (Wildman–Crippen LogP) is 3.45. The van der Waals surface area contributed by atoms with Crippen LogP contribution in [-0.4, -0.2) is 12.3 Å². The summed E-state index contributed by atoms with van der Waals surface area (Å²) in [7, 11) is 0. The number of hydrogen-bond donors (Lipinski definition) is 2. The Hall–Kier alpha value is -1.42. The van der Waals surface area contributed by atoms with Crippen LogP contribution < -0.4 is 10.6 Å². The lowest BCUT2D eigenvalue weighted by Gasteiger charge is -2.06. The molecule has 0 saturated carbocycles. The zero-order chi connectivity index (χ0) is 12.0. The number of carbonyl (C=O) groups excluding carboxylic acids is 1. The summed E-state index contributed by atoms with van der Waals surface area (Å²) < 4.78 is 0. The lowest BCUT2D eigenvalue weighted by molar-refractivity contribution is 0.255. The summed E-state index contributed by atoms with van der Waals surface area (Å²) in [5.41, 5.74) is 1.85. The molecule has 0 bridgehead atoms. The molecule has 16 heavy (non-hydrogen) atoms. The molecule has 0 heterocycles. The fraction of sp³-hybridized carbons (Fsp3) is 0.250. The van der Waals surface area contributed by atoms with E-state index in [-0.39, 0.29) is 6.03 Å². The van der Waals surface area contributed by atoms with Crippen molar-refractivity contribution in [1.29, 1.82) is 0 Å². The number of carbonyl (C=O) groups is 1. The fourth-order valence-corrected chi connectivity index (χ4v) is 1.54. The van der Waals surface area contributed by atoms with Gasteiger partial charge in [0.1, 0.15) is 0 Å². The lowest BCUT2D eigenvalue weighted by Crippen LogP contribution is -2.24. The summed E-state index contributed by atoms with van der Waals surface area (Å²) in [6.07, 6.45) is 3.68. The van der Waals surface area contributed by atoms with Crippen LogP contribution in [0.5, 0.6) is 0 Å². The molecule has 0 spiro atoms. The van der Waals surface area contributed by atoms with Crippen LogP contribution in [0.1, 0.15) is 13.8 Å². The Bertz CT molecular complexity index is 398. The third-order valence-electron chi connectivity index (χ3n) is 1.82. The number of urea groups is 1. The minimum atomic E-state index is -0.223. The van der Waals surface area contributed by atoms with Crippen molar-refractivity contribution in [3.8, 4) is 0 Å². The van der Waals surface area contributed by atoms with Crippen LogP contribution in [0.2, 0.25) is 0 Å². The largest absolute Gasteiger partial charge is 0.323 e. The monoisotopic (exact) mass is 236 g/mol. The Morgan fingerprint density at radius 1 is 1.38 bits per heavy atom. The van der Waals surface area contributed by atoms with E-state index in [1.807, 2.05) is 44.4 Å². The van der Waals surface area contributed by atoms with E-state index in [1.54, 1.807) is 18.0 Å². The second-order valence-corrected chi connectivity index (χ2v) is 4.43. The lowest BCUT2D eigenvalue weighted by atomic mass is 10.3. The smallest absolute Gasteiger partial charge is 0.314 e. The predicted molar refractivity (Wildman–Crippen MR) is 69.8 cm³/mol. The minimum Gasteiger partial charge on any atom is -0.314 e. The van der Waals surface area contributed by atoms with E-state index in [1.165, 1.54) is 0 Å². The third-order valence-corrected chi connectivity index (χ3v) is 2.54. The van der Waals surface area contributed by atoms with Crippen molar-refractivity contribution in [2.45, 2.75) is 18.7 Å². The van der Waals surface area contributed by atoms with Gasteiger partial charge in [-0.2, -0.15) is 0 Å². The number of anilines is 1. The van der Waals surface area contributed by atoms with Crippen molar-refractivity contribution in [2.24, 2.45) is 0 Å². The van der Waals surface area contributed by atoms with Crippen molar-refractivity contribution in [3.05, 3.63) is 36.0 Å². The standard InChI is InChI=1S/C12H16N2OS/c1-9(2)8-13-12(15)14-10-5-4-6-11(7-10)16-3/h4-8H,1-3H3,(H2,13,14,15). The van der Waals surface area contributed by atoms with Gasteiger partial charge >= 0.3 is 6.03 Å². The Labute approximate surface area is 100 Å². The van der Waals surface area contributed by atoms with Gasteiger partial charge in [-0.05, 0) is 38.3 Å². The maximum atomic E-state index is 11.4. The Morgan fingerprint density at radius 3 is 2.75 bits per heavy atom. The van der Waals surface area contributed by atoms with Crippen LogP contribution in [0.15, 0.2) is 40.9 Å². The molecule has 0 radical (unpaired) electrons. The summed E-state index contributed by atoms with van der Waals surface area (Å²) in [5.74, 6) is 0. The molecule has 1 aromatic carbocycles. The normalized spacial score (nSPS) is 9.44. The van der Waals surface area contributed by atoms with Crippen molar-refractivity contribution in [3.63, 3.8) is 0 Å². The van der Waals surface area contributed by atoms with Crippen LogP contribution in [-0.2, 0) is 0 Å². The first-order chi connectivity index (χ1) is 7.61. The first kappa shape index (κ1) is 12.6. The quantitative estimate of drug-likeness (QED) is 0.789. The van der Waals surface area contributed by atoms with E-state index < -0.39 is 0 Å². The molecule has 1 rings (SSSR count). The molecule has 4 heteroatoms. The molecule has 0 unspecified atom stereocenters. The average Bonchev–Trinajstić information content (AvgIpc) is 2.26. The molecule has 86 valence electrons. The topological polar surface area (TPSA) is 41.1 Å². The number of thioether (sulfide) groups is 1. The van der Waals surface area contributed by atoms with Crippen LogP contribution in [0.3, 0.4) is 0 Å². The van der Waals surface area contributed by atoms with Crippen LogP contribution in [0.25, 0.3) is 0 Å². The fourth-order valence-electron chi connectivity index (χ4n) is 1.08. The third kappa shape index (κ3) is 4.40. The highest BCUT2D eigenvalue weighted by molar-refractivity contribution is 7.98. The molecule has 3 nitrogen and oxygen atoms in total. The molecule has 0 saturated heterocycles. The molecule has 0 aliphatic heterocycles. The number of allylic oxidation sites excluding steroid dienone is 1. The van der Waals surface area contributed by atoms with E-state index >= 15 is 0 Å². The summed E-state index contributed by atoms with van der Waals surface area (Å²) in [4.78, 5) is 12.6. The first-order valence-electron chi connectivity index (χ1n) is 4.97. The number of benzene rings is 1. The Balaban J connectivity index is 2.59. The number of amides is 2. The maximum Gasteiger partial charge on any atom is 0.323 e. The van der Waals surface area contributed by atoms with Crippen LogP contribution in [0, 0.1) is 0 Å². The number of hydrogen-bond acceptors (Lipinski definition) is 2.